The van der Waals surface area contributed by atoms with Gasteiger partial charge in [-0.3, -0.25) is 4.79 Å². The first-order chi connectivity index (χ1) is 7.29. The van der Waals surface area contributed by atoms with Crippen LogP contribution in [0, 0.1) is 5.92 Å². The zero-order valence-corrected chi connectivity index (χ0v) is 10.5. The van der Waals surface area contributed by atoms with E-state index in [1.54, 1.807) is 6.92 Å². The number of hydrogen-bond acceptors (Lipinski definition) is 3. The Balaban J connectivity index is 2.36. The van der Waals surface area contributed by atoms with Crippen LogP contribution in [-0.4, -0.2) is 23.5 Å². The lowest BCUT2D eigenvalue weighted by molar-refractivity contribution is -0.158. The van der Waals surface area contributed by atoms with Crippen molar-refractivity contribution < 1.29 is 14.3 Å². The molecule has 0 spiro atoms. The molecule has 1 saturated carbocycles. The van der Waals surface area contributed by atoms with E-state index in [4.69, 9.17) is 4.74 Å². The highest BCUT2D eigenvalue weighted by Crippen LogP contribution is 2.26. The fraction of sp³-hybridized carbons (Fsp3) is 0.833. The average Bonchev–Trinajstić information content (AvgIpc) is 1.96. The van der Waals surface area contributed by atoms with Crippen LogP contribution in [0.4, 0.5) is 0 Å². The Morgan fingerprint density at radius 2 is 1.88 bits per heavy atom. The van der Waals surface area contributed by atoms with Gasteiger partial charge in [0, 0.05) is 5.92 Å². The van der Waals surface area contributed by atoms with Crippen LogP contribution in [-0.2, 0) is 14.3 Å². The van der Waals surface area contributed by atoms with E-state index in [2.05, 4.69) is 5.32 Å². The first-order valence-corrected chi connectivity index (χ1v) is 5.83. The highest BCUT2D eigenvalue weighted by Gasteiger charge is 2.29. The summed E-state index contributed by atoms with van der Waals surface area (Å²) in [5.41, 5.74) is -0.507. The maximum absolute atomic E-state index is 11.6. The topological polar surface area (TPSA) is 55.4 Å². The average molecular weight is 227 g/mol. The molecule has 16 heavy (non-hydrogen) atoms. The molecule has 1 aliphatic carbocycles. The summed E-state index contributed by atoms with van der Waals surface area (Å²) in [6, 6.07) is -0.563. The molecular formula is C12H21NO3. The number of rotatable bonds is 3. The van der Waals surface area contributed by atoms with E-state index in [0.29, 0.717) is 0 Å². The van der Waals surface area contributed by atoms with Crippen LogP contribution < -0.4 is 5.32 Å². The molecule has 0 aromatic heterocycles. The quantitative estimate of drug-likeness (QED) is 0.746. The van der Waals surface area contributed by atoms with Gasteiger partial charge in [-0.1, -0.05) is 6.42 Å². The molecule has 1 N–H and O–H groups in total. The van der Waals surface area contributed by atoms with Gasteiger partial charge < -0.3 is 10.1 Å². The number of carbonyl (C=O) groups excluding carboxylic acids is 2. The number of amides is 1. The Morgan fingerprint density at radius 3 is 2.25 bits per heavy atom. The number of ether oxygens (including phenoxy) is 1. The van der Waals surface area contributed by atoms with Crippen LogP contribution in [0.25, 0.3) is 0 Å². The lowest BCUT2D eigenvalue weighted by Crippen LogP contribution is -2.45. The van der Waals surface area contributed by atoms with Gasteiger partial charge in [0.15, 0.2) is 0 Å². The van der Waals surface area contributed by atoms with Gasteiger partial charge in [-0.25, -0.2) is 4.79 Å². The van der Waals surface area contributed by atoms with Gasteiger partial charge in [-0.15, -0.1) is 0 Å². The number of hydrogen-bond donors (Lipinski definition) is 1. The van der Waals surface area contributed by atoms with Crippen LogP contribution in [0.5, 0.6) is 0 Å². The molecule has 0 saturated heterocycles. The summed E-state index contributed by atoms with van der Waals surface area (Å²) in [4.78, 5) is 23.2. The van der Waals surface area contributed by atoms with E-state index in [9.17, 15) is 9.59 Å². The van der Waals surface area contributed by atoms with Gasteiger partial charge in [0.25, 0.3) is 0 Å². The minimum absolute atomic E-state index is 0.0235. The smallest absolute Gasteiger partial charge is 0.328 e. The SMILES string of the molecule is C[C@H](NC(=O)C1CCC1)C(=O)OC(C)(C)C. The molecule has 0 aromatic carbocycles. The molecule has 92 valence electrons. The summed E-state index contributed by atoms with van der Waals surface area (Å²) in [6.45, 7) is 7.09. The first-order valence-electron chi connectivity index (χ1n) is 5.83. The highest BCUT2D eigenvalue weighted by atomic mass is 16.6. The van der Waals surface area contributed by atoms with Crippen LogP contribution in [0.15, 0.2) is 0 Å². The number of nitrogens with one attached hydrogen (secondary N) is 1. The van der Waals surface area contributed by atoms with E-state index in [1.807, 2.05) is 20.8 Å². The predicted molar refractivity (Wildman–Crippen MR) is 60.8 cm³/mol. The van der Waals surface area contributed by atoms with Crippen LogP contribution in [0.2, 0.25) is 0 Å². The molecular weight excluding hydrogens is 206 g/mol. The van der Waals surface area contributed by atoms with Crippen molar-refractivity contribution in [1.82, 2.24) is 5.32 Å². The lowest BCUT2D eigenvalue weighted by atomic mass is 9.84. The fourth-order valence-electron chi connectivity index (χ4n) is 1.45. The Morgan fingerprint density at radius 1 is 1.31 bits per heavy atom. The molecule has 0 bridgehead atoms. The second-order valence-electron chi connectivity index (χ2n) is 5.39. The Labute approximate surface area is 96.7 Å². The van der Waals surface area contributed by atoms with E-state index in [0.717, 1.165) is 19.3 Å². The molecule has 4 nitrogen and oxygen atoms in total. The van der Waals surface area contributed by atoms with E-state index >= 15 is 0 Å². The number of carbonyl (C=O) groups is 2. The Hall–Kier alpha value is -1.06. The molecule has 1 amide bonds. The largest absolute Gasteiger partial charge is 0.458 e. The minimum Gasteiger partial charge on any atom is -0.458 e. The molecule has 1 atom stereocenters. The third-order valence-electron chi connectivity index (χ3n) is 2.60. The monoisotopic (exact) mass is 227 g/mol. The van der Waals surface area contributed by atoms with E-state index in [-0.39, 0.29) is 17.8 Å². The van der Waals surface area contributed by atoms with Crippen LogP contribution in [0.1, 0.15) is 47.0 Å². The van der Waals surface area contributed by atoms with E-state index < -0.39 is 11.6 Å². The second-order valence-corrected chi connectivity index (χ2v) is 5.39. The summed E-state index contributed by atoms with van der Waals surface area (Å²) >= 11 is 0. The molecule has 1 aliphatic rings. The molecule has 0 radical (unpaired) electrons. The van der Waals surface area contributed by atoms with Crippen molar-refractivity contribution in [2.24, 2.45) is 5.92 Å². The summed E-state index contributed by atoms with van der Waals surface area (Å²) in [5.74, 6) is -0.297. The standard InChI is InChI=1S/C12H21NO3/c1-8(11(15)16-12(2,3)4)13-10(14)9-6-5-7-9/h8-9H,5-7H2,1-4H3,(H,13,14)/t8-/m0/s1. The third-order valence-corrected chi connectivity index (χ3v) is 2.60. The second kappa shape index (κ2) is 4.85. The van der Waals surface area contributed by atoms with Crippen LogP contribution >= 0.6 is 0 Å². The maximum atomic E-state index is 11.6. The van der Waals surface area contributed by atoms with Gasteiger partial charge in [0.05, 0.1) is 0 Å². The van der Waals surface area contributed by atoms with Crippen molar-refractivity contribution in [3.63, 3.8) is 0 Å². The zero-order valence-electron chi connectivity index (χ0n) is 10.5. The first kappa shape index (κ1) is 13.0. The summed E-state index contributed by atoms with van der Waals surface area (Å²) in [5, 5.41) is 2.69. The zero-order chi connectivity index (χ0) is 12.3. The molecule has 0 unspecified atom stereocenters. The van der Waals surface area contributed by atoms with Crippen molar-refractivity contribution in [2.45, 2.75) is 58.6 Å². The van der Waals surface area contributed by atoms with Crippen molar-refractivity contribution in [2.75, 3.05) is 0 Å². The maximum Gasteiger partial charge on any atom is 0.328 e. The fourth-order valence-corrected chi connectivity index (χ4v) is 1.45. The summed E-state index contributed by atoms with van der Waals surface area (Å²) in [7, 11) is 0. The van der Waals surface area contributed by atoms with Crippen molar-refractivity contribution >= 4 is 11.9 Å². The van der Waals surface area contributed by atoms with Gasteiger partial charge in [-0.05, 0) is 40.5 Å². The summed E-state index contributed by atoms with van der Waals surface area (Å²) in [6.07, 6.45) is 2.98. The van der Waals surface area contributed by atoms with Crippen molar-refractivity contribution in [1.29, 1.82) is 0 Å². The molecule has 0 aliphatic heterocycles. The van der Waals surface area contributed by atoms with Gasteiger partial charge in [0.2, 0.25) is 5.91 Å². The van der Waals surface area contributed by atoms with Gasteiger partial charge in [-0.2, -0.15) is 0 Å². The Bertz CT molecular complexity index is 276. The third kappa shape index (κ3) is 3.83. The normalized spacial score (nSPS) is 18.5. The van der Waals surface area contributed by atoms with Gasteiger partial charge >= 0.3 is 5.97 Å². The molecule has 1 fully saturated rings. The molecule has 4 heteroatoms. The van der Waals surface area contributed by atoms with Crippen molar-refractivity contribution in [3.05, 3.63) is 0 Å². The molecule has 0 heterocycles. The van der Waals surface area contributed by atoms with Crippen LogP contribution in [0.3, 0.4) is 0 Å². The highest BCUT2D eigenvalue weighted by molar-refractivity contribution is 5.85. The minimum atomic E-state index is -0.563. The lowest BCUT2D eigenvalue weighted by Gasteiger charge is -2.27. The summed E-state index contributed by atoms with van der Waals surface area (Å²) < 4.78 is 5.18. The molecule has 1 rings (SSSR count). The molecule has 0 aromatic rings. The Kier molecular flexibility index (Phi) is 3.94. The van der Waals surface area contributed by atoms with E-state index in [1.165, 1.54) is 0 Å². The number of esters is 1. The predicted octanol–water partition coefficient (Wildman–Crippen LogP) is 1.63. The van der Waals surface area contributed by atoms with Crippen molar-refractivity contribution in [3.8, 4) is 0 Å². The van der Waals surface area contributed by atoms with Gasteiger partial charge in [0.1, 0.15) is 11.6 Å².